The van der Waals surface area contributed by atoms with E-state index in [2.05, 4.69) is 9.88 Å². The summed E-state index contributed by atoms with van der Waals surface area (Å²) in [4.78, 5) is 6.36. The largest absolute Gasteiger partial charge is 0.381 e. The van der Waals surface area contributed by atoms with Crippen molar-refractivity contribution in [3.05, 3.63) is 24.1 Å². The third kappa shape index (κ3) is 1.67. The van der Waals surface area contributed by atoms with Crippen molar-refractivity contribution < 1.29 is 9.13 Å². The molecule has 2 aliphatic rings. The molecule has 1 spiro atoms. The van der Waals surface area contributed by atoms with Crippen molar-refractivity contribution in [1.82, 2.24) is 4.98 Å². The lowest BCUT2D eigenvalue weighted by Crippen LogP contribution is -2.27. The minimum absolute atomic E-state index is 0.276. The zero-order valence-corrected chi connectivity index (χ0v) is 9.16. The Kier molecular flexibility index (Phi) is 2.32. The summed E-state index contributed by atoms with van der Waals surface area (Å²) in [5, 5.41) is 0. The van der Waals surface area contributed by atoms with Crippen LogP contribution in [-0.4, -0.2) is 31.3 Å². The molecule has 2 fully saturated rings. The zero-order valence-electron chi connectivity index (χ0n) is 9.16. The van der Waals surface area contributed by atoms with Crippen molar-refractivity contribution in [3.8, 4) is 0 Å². The van der Waals surface area contributed by atoms with Crippen LogP contribution >= 0.6 is 0 Å². The molecule has 0 unspecified atom stereocenters. The molecule has 3 rings (SSSR count). The molecule has 1 aromatic rings. The van der Waals surface area contributed by atoms with Crippen molar-refractivity contribution >= 4 is 5.82 Å². The normalized spacial score (nSPS) is 29.2. The molecular weight excluding hydrogens is 207 g/mol. The summed E-state index contributed by atoms with van der Waals surface area (Å²) >= 11 is 0. The van der Waals surface area contributed by atoms with E-state index in [0.29, 0.717) is 5.41 Å². The van der Waals surface area contributed by atoms with Gasteiger partial charge in [-0.05, 0) is 25.0 Å². The molecule has 0 N–H and O–H groups in total. The van der Waals surface area contributed by atoms with Crippen LogP contribution in [0, 0.1) is 11.2 Å². The van der Waals surface area contributed by atoms with E-state index in [4.69, 9.17) is 4.74 Å². The molecule has 1 aromatic heterocycles. The number of pyridine rings is 1. The highest BCUT2D eigenvalue weighted by Gasteiger charge is 2.41. The Morgan fingerprint density at radius 3 is 3.00 bits per heavy atom. The highest BCUT2D eigenvalue weighted by molar-refractivity contribution is 5.40. The number of ether oxygens (including phenoxy) is 1. The van der Waals surface area contributed by atoms with E-state index in [1.165, 1.54) is 12.3 Å². The summed E-state index contributed by atoms with van der Waals surface area (Å²) in [5.41, 5.74) is 0.329. The number of hydrogen-bond acceptors (Lipinski definition) is 3. The molecule has 4 heteroatoms. The molecule has 0 amide bonds. The van der Waals surface area contributed by atoms with Crippen LogP contribution in [0.15, 0.2) is 18.3 Å². The van der Waals surface area contributed by atoms with Crippen LogP contribution in [0.2, 0.25) is 0 Å². The molecule has 1 atom stereocenters. The molecule has 2 saturated heterocycles. The van der Waals surface area contributed by atoms with Crippen molar-refractivity contribution in [2.75, 3.05) is 31.2 Å². The maximum Gasteiger partial charge on any atom is 0.141 e. The van der Waals surface area contributed by atoms with E-state index in [1.54, 1.807) is 6.07 Å². The predicted molar refractivity (Wildman–Crippen MR) is 58.9 cm³/mol. The van der Waals surface area contributed by atoms with Gasteiger partial charge in [0, 0.05) is 25.1 Å². The van der Waals surface area contributed by atoms with Gasteiger partial charge in [0.25, 0.3) is 0 Å². The fourth-order valence-electron chi connectivity index (χ4n) is 2.66. The second-order valence-electron chi connectivity index (χ2n) is 4.81. The molecule has 2 aliphatic heterocycles. The Labute approximate surface area is 94.2 Å². The van der Waals surface area contributed by atoms with Gasteiger partial charge in [0.05, 0.1) is 12.8 Å². The van der Waals surface area contributed by atoms with E-state index < -0.39 is 0 Å². The lowest BCUT2D eigenvalue weighted by Gasteiger charge is -2.22. The molecule has 86 valence electrons. The van der Waals surface area contributed by atoms with Gasteiger partial charge in [-0.15, -0.1) is 0 Å². The van der Waals surface area contributed by atoms with Crippen LogP contribution in [0.5, 0.6) is 0 Å². The number of halogens is 1. The molecule has 16 heavy (non-hydrogen) atoms. The molecule has 3 heterocycles. The quantitative estimate of drug-likeness (QED) is 0.725. The van der Waals surface area contributed by atoms with Gasteiger partial charge in [0.1, 0.15) is 11.6 Å². The van der Waals surface area contributed by atoms with Gasteiger partial charge in [0.15, 0.2) is 0 Å². The lowest BCUT2D eigenvalue weighted by molar-refractivity contribution is 0.160. The minimum atomic E-state index is -0.276. The van der Waals surface area contributed by atoms with E-state index >= 15 is 0 Å². The average molecular weight is 222 g/mol. The Morgan fingerprint density at radius 2 is 2.31 bits per heavy atom. The van der Waals surface area contributed by atoms with Gasteiger partial charge in [0.2, 0.25) is 0 Å². The first-order valence-corrected chi connectivity index (χ1v) is 5.72. The van der Waals surface area contributed by atoms with Gasteiger partial charge in [-0.2, -0.15) is 0 Å². The standard InChI is InChI=1S/C12H15FN2O/c13-10-1-2-11(14-7-10)15-5-3-12(8-15)4-6-16-9-12/h1-2,7H,3-6,8-9H2/t12-/m0/s1. The second-order valence-corrected chi connectivity index (χ2v) is 4.81. The van der Waals surface area contributed by atoms with Crippen LogP contribution in [-0.2, 0) is 4.74 Å². The first kappa shape index (κ1) is 10.0. The number of anilines is 1. The first-order chi connectivity index (χ1) is 7.77. The summed E-state index contributed by atoms with van der Waals surface area (Å²) < 4.78 is 18.2. The molecule has 0 aromatic carbocycles. The Morgan fingerprint density at radius 1 is 1.38 bits per heavy atom. The Balaban J connectivity index is 1.75. The highest BCUT2D eigenvalue weighted by atomic mass is 19.1. The van der Waals surface area contributed by atoms with E-state index in [9.17, 15) is 4.39 Å². The van der Waals surface area contributed by atoms with Gasteiger partial charge in [-0.25, -0.2) is 9.37 Å². The third-order valence-electron chi connectivity index (χ3n) is 3.66. The monoisotopic (exact) mass is 222 g/mol. The van der Waals surface area contributed by atoms with Crippen molar-refractivity contribution in [2.24, 2.45) is 5.41 Å². The summed E-state index contributed by atoms with van der Waals surface area (Å²) in [7, 11) is 0. The smallest absolute Gasteiger partial charge is 0.141 e. The number of nitrogens with zero attached hydrogens (tertiary/aromatic N) is 2. The molecule has 0 saturated carbocycles. The molecule has 0 bridgehead atoms. The van der Waals surface area contributed by atoms with Crippen LogP contribution in [0.1, 0.15) is 12.8 Å². The van der Waals surface area contributed by atoms with Crippen molar-refractivity contribution in [1.29, 1.82) is 0 Å². The second kappa shape index (κ2) is 3.70. The number of rotatable bonds is 1. The van der Waals surface area contributed by atoms with Crippen molar-refractivity contribution in [3.63, 3.8) is 0 Å². The zero-order chi connectivity index (χ0) is 11.0. The fourth-order valence-corrected chi connectivity index (χ4v) is 2.66. The Bertz CT molecular complexity index is 373. The van der Waals surface area contributed by atoms with Crippen LogP contribution in [0.25, 0.3) is 0 Å². The van der Waals surface area contributed by atoms with Crippen LogP contribution in [0.4, 0.5) is 10.2 Å². The summed E-state index contributed by atoms with van der Waals surface area (Å²) in [5.74, 6) is 0.604. The van der Waals surface area contributed by atoms with Gasteiger partial charge in [-0.1, -0.05) is 0 Å². The molecular formula is C12H15FN2O. The molecule has 0 aliphatic carbocycles. The molecule has 0 radical (unpaired) electrons. The van der Waals surface area contributed by atoms with E-state index in [0.717, 1.165) is 45.0 Å². The SMILES string of the molecule is Fc1ccc(N2CC[C@]3(CCOC3)C2)nc1. The maximum atomic E-state index is 12.8. The van der Waals surface area contributed by atoms with E-state index in [-0.39, 0.29) is 5.82 Å². The number of hydrogen-bond donors (Lipinski definition) is 0. The molecule has 3 nitrogen and oxygen atoms in total. The van der Waals surface area contributed by atoms with Crippen LogP contribution < -0.4 is 4.90 Å². The summed E-state index contributed by atoms with van der Waals surface area (Å²) in [6, 6.07) is 3.22. The summed E-state index contributed by atoms with van der Waals surface area (Å²) in [6.45, 7) is 3.74. The average Bonchev–Trinajstić information content (AvgIpc) is 2.91. The summed E-state index contributed by atoms with van der Waals surface area (Å²) in [6.07, 6.45) is 3.59. The van der Waals surface area contributed by atoms with Gasteiger partial charge < -0.3 is 9.64 Å². The maximum absolute atomic E-state index is 12.8. The van der Waals surface area contributed by atoms with Crippen molar-refractivity contribution in [2.45, 2.75) is 12.8 Å². The van der Waals surface area contributed by atoms with Gasteiger partial charge in [-0.3, -0.25) is 0 Å². The third-order valence-corrected chi connectivity index (χ3v) is 3.66. The number of aromatic nitrogens is 1. The van der Waals surface area contributed by atoms with Crippen LogP contribution in [0.3, 0.4) is 0 Å². The topological polar surface area (TPSA) is 25.4 Å². The van der Waals surface area contributed by atoms with E-state index in [1.807, 2.05) is 0 Å². The Hall–Kier alpha value is -1.16. The predicted octanol–water partition coefficient (Wildman–Crippen LogP) is 1.84. The lowest BCUT2D eigenvalue weighted by atomic mass is 9.87. The fraction of sp³-hybridized carbons (Fsp3) is 0.583. The van der Waals surface area contributed by atoms with Gasteiger partial charge >= 0.3 is 0 Å². The first-order valence-electron chi connectivity index (χ1n) is 5.72. The minimum Gasteiger partial charge on any atom is -0.381 e. The highest BCUT2D eigenvalue weighted by Crippen LogP contribution is 2.39.